The van der Waals surface area contributed by atoms with Gasteiger partial charge in [0.05, 0.1) is 0 Å². The molecule has 1 heterocycles. The van der Waals surface area contributed by atoms with Crippen molar-refractivity contribution in [2.45, 2.75) is 18.9 Å². The number of nitrogens with two attached hydrogens (primary N) is 1. The molecule has 14 heavy (non-hydrogen) atoms. The zero-order valence-corrected chi connectivity index (χ0v) is 8.47. The molecule has 0 fully saturated rings. The van der Waals surface area contributed by atoms with Crippen LogP contribution in [0.4, 0.5) is 0 Å². The summed E-state index contributed by atoms with van der Waals surface area (Å²) in [6.07, 6.45) is 1.93. The molecule has 0 radical (unpaired) electrons. The van der Waals surface area contributed by atoms with E-state index in [1.807, 2.05) is 0 Å². The van der Waals surface area contributed by atoms with E-state index in [1.165, 1.54) is 11.1 Å². The summed E-state index contributed by atoms with van der Waals surface area (Å²) in [6.45, 7) is 0.351. The van der Waals surface area contributed by atoms with Crippen molar-refractivity contribution in [3.05, 3.63) is 23.3 Å². The second kappa shape index (κ2) is 3.33. The van der Waals surface area contributed by atoms with Crippen LogP contribution in [0.5, 0.6) is 11.5 Å². The maximum Gasteiger partial charge on any atom is 0.231 e. The highest BCUT2D eigenvalue weighted by Gasteiger charge is 2.23. The lowest BCUT2D eigenvalue weighted by molar-refractivity contribution is 0.174. The van der Waals surface area contributed by atoms with Crippen LogP contribution in [-0.4, -0.2) is 12.8 Å². The van der Waals surface area contributed by atoms with Crippen molar-refractivity contribution in [3.8, 4) is 11.5 Å². The van der Waals surface area contributed by atoms with Crippen molar-refractivity contribution < 1.29 is 9.47 Å². The van der Waals surface area contributed by atoms with Gasteiger partial charge in [0.2, 0.25) is 6.79 Å². The van der Waals surface area contributed by atoms with Gasteiger partial charge in [-0.25, -0.2) is 0 Å². The number of ether oxygens (including phenoxy) is 2. The summed E-state index contributed by atoms with van der Waals surface area (Å²) >= 11 is 0. The van der Waals surface area contributed by atoms with Gasteiger partial charge < -0.3 is 15.2 Å². The van der Waals surface area contributed by atoms with Crippen LogP contribution in [0, 0.1) is 0 Å². The fraction of sp³-hybridized carbons (Fsp3) is 0.400. The summed E-state index contributed by atoms with van der Waals surface area (Å²) in [5.41, 5.74) is 8.50. The molecule has 0 atom stereocenters. The van der Waals surface area contributed by atoms with Gasteiger partial charge in [-0.15, -0.1) is 12.4 Å². The molecule has 1 aliphatic heterocycles. The topological polar surface area (TPSA) is 44.5 Å². The fourth-order valence-electron chi connectivity index (χ4n) is 2.04. The van der Waals surface area contributed by atoms with E-state index in [2.05, 4.69) is 12.1 Å². The fourth-order valence-corrected chi connectivity index (χ4v) is 2.04. The smallest absolute Gasteiger partial charge is 0.231 e. The summed E-state index contributed by atoms with van der Waals surface area (Å²) in [5.74, 6) is 1.74. The predicted molar refractivity (Wildman–Crippen MR) is 55.2 cm³/mol. The first-order valence-electron chi connectivity index (χ1n) is 4.50. The van der Waals surface area contributed by atoms with Crippen molar-refractivity contribution in [1.82, 2.24) is 0 Å². The van der Waals surface area contributed by atoms with Crippen LogP contribution in [0.15, 0.2) is 12.1 Å². The minimum absolute atomic E-state index is 0. The highest BCUT2D eigenvalue weighted by molar-refractivity contribution is 5.85. The van der Waals surface area contributed by atoms with E-state index in [-0.39, 0.29) is 18.4 Å². The molecule has 0 unspecified atom stereocenters. The Bertz CT molecular complexity index is 334. The third-order valence-electron chi connectivity index (χ3n) is 2.66. The summed E-state index contributed by atoms with van der Waals surface area (Å²) in [4.78, 5) is 0. The van der Waals surface area contributed by atoms with Gasteiger partial charge in [-0.05, 0) is 36.1 Å². The van der Waals surface area contributed by atoms with Gasteiger partial charge in [0.25, 0.3) is 0 Å². The molecule has 2 aliphatic rings. The molecule has 0 spiro atoms. The molecule has 3 rings (SSSR count). The molecule has 1 aromatic rings. The van der Waals surface area contributed by atoms with Crippen molar-refractivity contribution >= 4 is 12.4 Å². The molecule has 2 N–H and O–H groups in total. The Hall–Kier alpha value is -0.930. The Morgan fingerprint density at radius 1 is 1.07 bits per heavy atom. The van der Waals surface area contributed by atoms with Gasteiger partial charge >= 0.3 is 0 Å². The number of fused-ring (bicyclic) bond motifs is 2. The Morgan fingerprint density at radius 2 is 1.57 bits per heavy atom. The summed E-state index contributed by atoms with van der Waals surface area (Å²) < 4.78 is 10.6. The van der Waals surface area contributed by atoms with E-state index < -0.39 is 0 Å². The van der Waals surface area contributed by atoms with Gasteiger partial charge in [-0.2, -0.15) is 0 Å². The van der Waals surface area contributed by atoms with E-state index in [9.17, 15) is 0 Å². The van der Waals surface area contributed by atoms with E-state index in [0.717, 1.165) is 24.3 Å². The monoisotopic (exact) mass is 213 g/mol. The Kier molecular flexibility index (Phi) is 2.29. The normalized spacial score (nSPS) is 17.8. The van der Waals surface area contributed by atoms with Crippen LogP contribution in [0.25, 0.3) is 0 Å². The van der Waals surface area contributed by atoms with Crippen molar-refractivity contribution in [1.29, 1.82) is 0 Å². The second-order valence-corrected chi connectivity index (χ2v) is 3.64. The summed E-state index contributed by atoms with van der Waals surface area (Å²) in [6, 6.07) is 4.40. The van der Waals surface area contributed by atoms with E-state index in [4.69, 9.17) is 15.2 Å². The van der Waals surface area contributed by atoms with E-state index in [0.29, 0.717) is 6.79 Å². The highest BCUT2D eigenvalue weighted by atomic mass is 35.5. The highest BCUT2D eigenvalue weighted by Crippen LogP contribution is 2.37. The molecule has 0 bridgehead atoms. The molecule has 4 heteroatoms. The first-order chi connectivity index (χ1) is 6.33. The molecule has 1 aliphatic carbocycles. The minimum Gasteiger partial charge on any atom is -0.454 e. The summed E-state index contributed by atoms with van der Waals surface area (Å²) in [7, 11) is 0. The molecule has 0 amide bonds. The van der Waals surface area contributed by atoms with Gasteiger partial charge in [0.1, 0.15) is 0 Å². The average molecular weight is 214 g/mol. The van der Waals surface area contributed by atoms with Crippen LogP contribution in [0.1, 0.15) is 11.1 Å². The molecule has 0 saturated carbocycles. The van der Waals surface area contributed by atoms with Crippen LogP contribution in [-0.2, 0) is 12.8 Å². The van der Waals surface area contributed by atoms with Crippen LogP contribution >= 0.6 is 12.4 Å². The zero-order chi connectivity index (χ0) is 8.84. The maximum atomic E-state index is 5.86. The molecule has 0 saturated heterocycles. The van der Waals surface area contributed by atoms with E-state index >= 15 is 0 Å². The van der Waals surface area contributed by atoms with Crippen LogP contribution in [0.3, 0.4) is 0 Å². The Balaban J connectivity index is 0.000000750. The Labute approximate surface area is 88.6 Å². The van der Waals surface area contributed by atoms with Gasteiger partial charge in [-0.1, -0.05) is 0 Å². The average Bonchev–Trinajstić information content (AvgIpc) is 2.63. The largest absolute Gasteiger partial charge is 0.454 e. The van der Waals surface area contributed by atoms with E-state index in [1.54, 1.807) is 0 Å². The van der Waals surface area contributed by atoms with Gasteiger partial charge in [-0.3, -0.25) is 0 Å². The number of rotatable bonds is 0. The zero-order valence-electron chi connectivity index (χ0n) is 7.66. The van der Waals surface area contributed by atoms with Gasteiger partial charge in [0.15, 0.2) is 11.5 Å². The third-order valence-corrected chi connectivity index (χ3v) is 2.66. The molecular weight excluding hydrogens is 202 g/mol. The predicted octanol–water partition coefficient (Wildman–Crippen LogP) is 1.26. The number of hydrogen-bond acceptors (Lipinski definition) is 3. The lowest BCUT2D eigenvalue weighted by Crippen LogP contribution is -2.19. The quantitative estimate of drug-likeness (QED) is 0.706. The van der Waals surface area contributed by atoms with Crippen molar-refractivity contribution in [2.24, 2.45) is 5.73 Å². The number of halogens is 1. The molecular formula is C10H12ClNO2. The van der Waals surface area contributed by atoms with Gasteiger partial charge in [0, 0.05) is 6.04 Å². The second-order valence-electron chi connectivity index (χ2n) is 3.64. The molecule has 1 aromatic carbocycles. The lowest BCUT2D eigenvalue weighted by Gasteiger charge is -2.00. The first-order valence-corrected chi connectivity index (χ1v) is 4.50. The SMILES string of the molecule is Cl.NC1Cc2cc3c(cc2C1)OCO3. The molecule has 76 valence electrons. The standard InChI is InChI=1S/C10H11NO2.ClH/c11-8-1-6-3-9-10(13-5-12-9)4-7(6)2-8;/h3-4,8H,1-2,5,11H2;1H. The Morgan fingerprint density at radius 3 is 2.07 bits per heavy atom. The lowest BCUT2D eigenvalue weighted by atomic mass is 10.1. The molecule has 0 aromatic heterocycles. The number of hydrogen-bond donors (Lipinski definition) is 1. The van der Waals surface area contributed by atoms with Crippen molar-refractivity contribution in [3.63, 3.8) is 0 Å². The first kappa shape index (κ1) is 9.62. The van der Waals surface area contributed by atoms with Crippen LogP contribution in [0.2, 0.25) is 0 Å². The van der Waals surface area contributed by atoms with Crippen LogP contribution < -0.4 is 15.2 Å². The molecule has 3 nitrogen and oxygen atoms in total. The summed E-state index contributed by atoms with van der Waals surface area (Å²) in [5, 5.41) is 0. The maximum absolute atomic E-state index is 5.86. The minimum atomic E-state index is 0. The number of benzene rings is 1. The van der Waals surface area contributed by atoms with Crippen molar-refractivity contribution in [2.75, 3.05) is 6.79 Å². The third kappa shape index (κ3) is 1.33.